The Morgan fingerprint density at radius 3 is 2.19 bits per heavy atom. The second-order valence-electron chi connectivity index (χ2n) is 9.20. The van der Waals surface area contributed by atoms with Crippen molar-refractivity contribution in [1.29, 1.82) is 0 Å². The molecule has 0 aliphatic heterocycles. The number of carbonyl (C=O) groups is 2. The van der Waals surface area contributed by atoms with E-state index in [-0.39, 0.29) is 22.1 Å². The predicted octanol–water partition coefficient (Wildman–Crippen LogP) is 5.61. The van der Waals surface area contributed by atoms with Crippen molar-refractivity contribution in [2.24, 2.45) is 0 Å². The topological polar surface area (TPSA) is 105 Å². The molecule has 0 aromatic heterocycles. The molecule has 0 aliphatic rings. The Bertz CT molecular complexity index is 1590. The van der Waals surface area contributed by atoms with Gasteiger partial charge in [-0.3, -0.25) is 13.9 Å². The number of amides is 2. The van der Waals surface area contributed by atoms with Crippen molar-refractivity contribution in [3.8, 4) is 5.75 Å². The van der Waals surface area contributed by atoms with Gasteiger partial charge in [-0.15, -0.1) is 11.8 Å². The van der Waals surface area contributed by atoms with Crippen molar-refractivity contribution >= 4 is 45.0 Å². The number of thioether (sulfide) groups is 1. The molecule has 0 radical (unpaired) electrons. The molecule has 0 aliphatic carbocycles. The van der Waals surface area contributed by atoms with E-state index in [4.69, 9.17) is 4.74 Å². The van der Waals surface area contributed by atoms with Gasteiger partial charge in [0, 0.05) is 11.4 Å². The quantitative estimate of drug-likeness (QED) is 0.193. The average Bonchev–Trinajstić information content (AvgIpc) is 3.01. The average molecular weight is 604 g/mol. The Kier molecular flexibility index (Phi) is 10.6. The molecule has 0 atom stereocenters. The largest absolute Gasteiger partial charge is 0.494 e. The molecule has 42 heavy (non-hydrogen) atoms. The number of hydrogen-bond donors (Lipinski definition) is 2. The van der Waals surface area contributed by atoms with E-state index in [0.717, 1.165) is 14.8 Å². The highest BCUT2D eigenvalue weighted by molar-refractivity contribution is 7.98. The highest BCUT2D eigenvalue weighted by atomic mass is 32.2. The van der Waals surface area contributed by atoms with Crippen LogP contribution in [-0.4, -0.2) is 46.2 Å². The van der Waals surface area contributed by atoms with Crippen LogP contribution in [0.5, 0.6) is 5.75 Å². The molecule has 0 saturated heterocycles. The van der Waals surface area contributed by atoms with Gasteiger partial charge in [-0.1, -0.05) is 42.5 Å². The maximum atomic E-state index is 13.8. The molecule has 10 heteroatoms. The van der Waals surface area contributed by atoms with Gasteiger partial charge in [0.2, 0.25) is 5.91 Å². The van der Waals surface area contributed by atoms with E-state index in [1.165, 1.54) is 23.9 Å². The number of rotatable bonds is 13. The van der Waals surface area contributed by atoms with E-state index in [2.05, 4.69) is 10.6 Å². The number of carbonyl (C=O) groups excluding carboxylic acids is 2. The molecule has 0 heterocycles. The fraction of sp³-hybridized carbons (Fsp3) is 0.188. The lowest BCUT2D eigenvalue weighted by Crippen LogP contribution is -2.38. The summed E-state index contributed by atoms with van der Waals surface area (Å²) >= 11 is 1.50. The van der Waals surface area contributed by atoms with Crippen LogP contribution in [0.3, 0.4) is 0 Å². The van der Waals surface area contributed by atoms with Gasteiger partial charge in [-0.2, -0.15) is 0 Å². The van der Waals surface area contributed by atoms with Crippen LogP contribution < -0.4 is 19.7 Å². The molecule has 0 bridgehead atoms. The number of sulfonamides is 1. The van der Waals surface area contributed by atoms with Crippen molar-refractivity contribution in [3.63, 3.8) is 0 Å². The number of nitrogens with one attached hydrogen (secondary N) is 2. The van der Waals surface area contributed by atoms with E-state index >= 15 is 0 Å². The molecule has 0 fully saturated rings. The molecule has 8 nitrogen and oxygen atoms in total. The number of para-hydroxylation sites is 1. The fourth-order valence-corrected chi connectivity index (χ4v) is 6.07. The third-order valence-electron chi connectivity index (χ3n) is 6.36. The molecule has 218 valence electrons. The smallest absolute Gasteiger partial charge is 0.264 e. The zero-order valence-corrected chi connectivity index (χ0v) is 25.1. The molecule has 4 rings (SSSR count). The first-order valence-corrected chi connectivity index (χ1v) is 16.1. The minimum Gasteiger partial charge on any atom is -0.494 e. The maximum Gasteiger partial charge on any atom is 0.264 e. The van der Waals surface area contributed by atoms with E-state index in [9.17, 15) is 18.0 Å². The summed E-state index contributed by atoms with van der Waals surface area (Å²) in [6.07, 6.45) is 2.56. The van der Waals surface area contributed by atoms with Gasteiger partial charge < -0.3 is 15.4 Å². The summed E-state index contributed by atoms with van der Waals surface area (Å²) in [6.45, 7) is 2.23. The van der Waals surface area contributed by atoms with Crippen LogP contribution in [-0.2, 0) is 21.2 Å². The summed E-state index contributed by atoms with van der Waals surface area (Å²) in [7, 11) is -4.11. The first-order valence-electron chi connectivity index (χ1n) is 13.4. The van der Waals surface area contributed by atoms with Gasteiger partial charge in [0.15, 0.2) is 0 Å². The highest BCUT2D eigenvalue weighted by Crippen LogP contribution is 2.27. The highest BCUT2D eigenvalue weighted by Gasteiger charge is 2.28. The molecule has 2 N–H and O–H groups in total. The summed E-state index contributed by atoms with van der Waals surface area (Å²) in [5, 5.41) is 5.63. The van der Waals surface area contributed by atoms with Crippen molar-refractivity contribution in [1.82, 2.24) is 5.32 Å². The molecule has 4 aromatic carbocycles. The van der Waals surface area contributed by atoms with E-state index in [1.54, 1.807) is 60.7 Å². The zero-order valence-electron chi connectivity index (χ0n) is 23.4. The number of anilines is 2. The fourth-order valence-electron chi connectivity index (χ4n) is 4.24. The van der Waals surface area contributed by atoms with Crippen molar-refractivity contribution < 1.29 is 22.7 Å². The Morgan fingerprint density at radius 1 is 0.857 bits per heavy atom. The Hall–Kier alpha value is -4.28. The van der Waals surface area contributed by atoms with Gasteiger partial charge >= 0.3 is 0 Å². The lowest BCUT2D eigenvalue weighted by atomic mass is 10.1. The number of ether oxygens (including phenoxy) is 1. The summed E-state index contributed by atoms with van der Waals surface area (Å²) < 4.78 is 34.1. The second-order valence-corrected chi connectivity index (χ2v) is 11.9. The lowest BCUT2D eigenvalue weighted by molar-refractivity contribution is -0.114. The summed E-state index contributed by atoms with van der Waals surface area (Å²) in [4.78, 5) is 27.3. The van der Waals surface area contributed by atoms with Crippen LogP contribution in [0, 0.1) is 0 Å². The van der Waals surface area contributed by atoms with Gasteiger partial charge in [0.25, 0.3) is 15.9 Å². The molecule has 4 aromatic rings. The van der Waals surface area contributed by atoms with Crippen LogP contribution in [0.25, 0.3) is 0 Å². The van der Waals surface area contributed by atoms with Crippen LogP contribution >= 0.6 is 11.8 Å². The third-order valence-corrected chi connectivity index (χ3v) is 8.89. The standard InChI is InChI=1S/C32H33N3O5S2/c1-3-40-26-15-13-25(14-16-26)35(42(38,39)28-19-17-27(41-2)18-20-28)23-31(36)34-30-12-8-7-11-29(30)32(37)33-22-21-24-9-5-4-6-10-24/h4-20H,3,21-23H2,1-2H3,(H,33,37)(H,34,36). The van der Waals surface area contributed by atoms with E-state index in [0.29, 0.717) is 31.0 Å². The minimum absolute atomic E-state index is 0.0557. The zero-order chi connectivity index (χ0) is 30.0. The van der Waals surface area contributed by atoms with Gasteiger partial charge in [-0.25, -0.2) is 8.42 Å². The first kappa shape index (κ1) is 30.7. The van der Waals surface area contributed by atoms with E-state index in [1.807, 2.05) is 43.5 Å². The van der Waals surface area contributed by atoms with Crippen LogP contribution in [0.4, 0.5) is 11.4 Å². The van der Waals surface area contributed by atoms with Gasteiger partial charge in [-0.05, 0) is 85.8 Å². The van der Waals surface area contributed by atoms with Gasteiger partial charge in [0.1, 0.15) is 12.3 Å². The maximum absolute atomic E-state index is 13.8. The Labute approximate surface area is 251 Å². The summed E-state index contributed by atoms with van der Waals surface area (Å²) in [5.74, 6) is -0.357. The van der Waals surface area contributed by atoms with Crippen LogP contribution in [0.15, 0.2) is 113 Å². The Balaban J connectivity index is 1.54. The third kappa shape index (κ3) is 7.92. The van der Waals surface area contributed by atoms with Crippen molar-refractivity contribution in [2.45, 2.75) is 23.1 Å². The van der Waals surface area contributed by atoms with Gasteiger partial charge in [0.05, 0.1) is 28.4 Å². The molecule has 0 spiro atoms. The Morgan fingerprint density at radius 2 is 1.52 bits per heavy atom. The molecular formula is C32H33N3O5S2. The van der Waals surface area contributed by atoms with E-state index < -0.39 is 22.5 Å². The number of hydrogen-bond acceptors (Lipinski definition) is 6. The molecule has 0 saturated carbocycles. The SMILES string of the molecule is CCOc1ccc(N(CC(=O)Nc2ccccc2C(=O)NCCc2ccccc2)S(=O)(=O)c2ccc(SC)cc2)cc1. The van der Waals surface area contributed by atoms with Crippen LogP contribution in [0.2, 0.25) is 0 Å². The van der Waals surface area contributed by atoms with Crippen LogP contribution in [0.1, 0.15) is 22.8 Å². The summed E-state index contributed by atoms with van der Waals surface area (Å²) in [6, 6.07) is 29.4. The number of nitrogens with zero attached hydrogens (tertiary/aromatic N) is 1. The van der Waals surface area contributed by atoms with Crippen molar-refractivity contribution in [3.05, 3.63) is 114 Å². The minimum atomic E-state index is -4.11. The lowest BCUT2D eigenvalue weighted by Gasteiger charge is -2.24. The van der Waals surface area contributed by atoms with Crippen molar-refractivity contribution in [2.75, 3.05) is 35.6 Å². The molecular weight excluding hydrogens is 571 g/mol. The predicted molar refractivity (Wildman–Crippen MR) is 168 cm³/mol. The number of benzene rings is 4. The monoisotopic (exact) mass is 603 g/mol. The second kappa shape index (κ2) is 14.6. The molecule has 0 unspecified atom stereocenters. The normalized spacial score (nSPS) is 11.0. The first-order chi connectivity index (χ1) is 20.3. The molecule has 2 amide bonds. The summed E-state index contributed by atoms with van der Waals surface area (Å²) in [5.41, 5.74) is 1.96.